The van der Waals surface area contributed by atoms with Crippen LogP contribution in [-0.4, -0.2) is 33.4 Å². The second-order valence-corrected chi connectivity index (χ2v) is 6.30. The fourth-order valence-corrected chi connectivity index (χ4v) is 3.20. The number of anilines is 1. The highest BCUT2D eigenvalue weighted by Gasteiger charge is 2.21. The van der Waals surface area contributed by atoms with Crippen molar-refractivity contribution in [2.24, 2.45) is 5.92 Å². The Morgan fingerprint density at radius 1 is 1.43 bits per heavy atom. The molecule has 0 saturated carbocycles. The van der Waals surface area contributed by atoms with Gasteiger partial charge in [-0.25, -0.2) is 0 Å². The molecular weight excluding hydrogens is 284 g/mol. The molecule has 1 aliphatic rings. The number of hydrogen-bond acceptors (Lipinski definition) is 3. The largest absolute Gasteiger partial charge is 0.384 e. The maximum Gasteiger partial charge on any atom is 0.0507 e. The van der Waals surface area contributed by atoms with Gasteiger partial charge in [0.1, 0.15) is 0 Å². The van der Waals surface area contributed by atoms with Gasteiger partial charge in [-0.05, 0) is 49.4 Å². The summed E-state index contributed by atoms with van der Waals surface area (Å²) in [5, 5.41) is 4.31. The average Bonchev–Trinajstić information content (AvgIpc) is 2.49. The van der Waals surface area contributed by atoms with Gasteiger partial charge in [0.05, 0.1) is 6.61 Å². The van der Waals surface area contributed by atoms with E-state index in [9.17, 15) is 0 Å². The Morgan fingerprint density at radius 3 is 3.05 bits per heavy atom. The number of halogens is 1. The van der Waals surface area contributed by atoms with Crippen LogP contribution >= 0.6 is 11.6 Å². The number of nitrogens with one attached hydrogen (secondary N) is 1. The molecule has 0 amide bonds. The van der Waals surface area contributed by atoms with Gasteiger partial charge in [-0.2, -0.15) is 0 Å². The molecule has 1 fully saturated rings. The minimum absolute atomic E-state index is 0.624. The molecule has 1 unspecified atom stereocenters. The third-order valence-electron chi connectivity index (χ3n) is 4.05. The standard InChI is InChI=1S/C17H27ClN2O/c1-3-8-19-11-15-6-7-16(18)10-17(15)20-9-4-5-14(12-20)13-21-2/h6-7,10,14,19H,3-5,8-9,11-13H2,1-2H3. The molecule has 1 saturated heterocycles. The van der Waals surface area contributed by atoms with Gasteiger partial charge in [0.25, 0.3) is 0 Å². The molecule has 4 heteroatoms. The zero-order chi connectivity index (χ0) is 15.1. The van der Waals surface area contributed by atoms with E-state index in [1.165, 1.54) is 24.1 Å². The molecule has 0 radical (unpaired) electrons. The van der Waals surface area contributed by atoms with Gasteiger partial charge in [0.15, 0.2) is 0 Å². The zero-order valence-electron chi connectivity index (χ0n) is 13.2. The van der Waals surface area contributed by atoms with Crippen molar-refractivity contribution >= 4 is 17.3 Å². The smallest absolute Gasteiger partial charge is 0.0507 e. The lowest BCUT2D eigenvalue weighted by atomic mass is 9.97. The van der Waals surface area contributed by atoms with Crippen LogP contribution in [0.2, 0.25) is 5.02 Å². The maximum atomic E-state index is 6.22. The van der Waals surface area contributed by atoms with Gasteiger partial charge in [0, 0.05) is 37.5 Å². The Morgan fingerprint density at radius 2 is 2.29 bits per heavy atom. The van der Waals surface area contributed by atoms with Gasteiger partial charge in [0.2, 0.25) is 0 Å². The van der Waals surface area contributed by atoms with Gasteiger partial charge in [-0.3, -0.25) is 0 Å². The molecule has 21 heavy (non-hydrogen) atoms. The maximum absolute atomic E-state index is 6.22. The number of benzene rings is 1. The number of rotatable bonds is 7. The van der Waals surface area contributed by atoms with Crippen LogP contribution in [0.25, 0.3) is 0 Å². The minimum Gasteiger partial charge on any atom is -0.384 e. The summed E-state index contributed by atoms with van der Waals surface area (Å²) in [6, 6.07) is 6.25. The summed E-state index contributed by atoms with van der Waals surface area (Å²) < 4.78 is 5.33. The van der Waals surface area contributed by atoms with Crippen LogP contribution in [0, 0.1) is 5.92 Å². The Bertz CT molecular complexity index is 437. The Hall–Kier alpha value is -0.770. The highest BCUT2D eigenvalue weighted by Crippen LogP contribution is 2.29. The third-order valence-corrected chi connectivity index (χ3v) is 4.29. The number of methoxy groups -OCH3 is 1. The van der Waals surface area contributed by atoms with Crippen molar-refractivity contribution in [1.29, 1.82) is 0 Å². The predicted molar refractivity (Wildman–Crippen MR) is 90.3 cm³/mol. The fourth-order valence-electron chi connectivity index (χ4n) is 3.04. The number of hydrogen-bond donors (Lipinski definition) is 1. The monoisotopic (exact) mass is 310 g/mol. The molecule has 1 heterocycles. The van der Waals surface area contributed by atoms with E-state index < -0.39 is 0 Å². The average molecular weight is 311 g/mol. The Labute approximate surface area is 133 Å². The fraction of sp³-hybridized carbons (Fsp3) is 0.647. The van der Waals surface area contributed by atoms with Crippen LogP contribution in [0.5, 0.6) is 0 Å². The van der Waals surface area contributed by atoms with E-state index >= 15 is 0 Å². The van der Waals surface area contributed by atoms with E-state index in [-0.39, 0.29) is 0 Å². The molecule has 0 spiro atoms. The van der Waals surface area contributed by atoms with Crippen LogP contribution in [0.4, 0.5) is 5.69 Å². The van der Waals surface area contributed by atoms with Crippen molar-refractivity contribution in [2.75, 3.05) is 38.3 Å². The molecular formula is C17H27ClN2O. The molecule has 0 bridgehead atoms. The van der Waals surface area contributed by atoms with Gasteiger partial charge < -0.3 is 15.0 Å². The van der Waals surface area contributed by atoms with Crippen molar-refractivity contribution < 1.29 is 4.74 Å². The summed E-state index contributed by atoms with van der Waals surface area (Å²) in [7, 11) is 1.79. The van der Waals surface area contributed by atoms with Crippen LogP contribution in [0.1, 0.15) is 31.7 Å². The lowest BCUT2D eigenvalue weighted by Gasteiger charge is -2.35. The lowest BCUT2D eigenvalue weighted by Crippen LogP contribution is -2.37. The van der Waals surface area contributed by atoms with Crippen LogP contribution < -0.4 is 10.2 Å². The van der Waals surface area contributed by atoms with Crippen molar-refractivity contribution in [3.63, 3.8) is 0 Å². The summed E-state index contributed by atoms with van der Waals surface area (Å²) >= 11 is 6.22. The van der Waals surface area contributed by atoms with Crippen molar-refractivity contribution in [3.8, 4) is 0 Å². The first-order valence-corrected chi connectivity index (χ1v) is 8.35. The van der Waals surface area contributed by atoms with E-state index in [2.05, 4.69) is 29.3 Å². The molecule has 2 rings (SSSR count). The normalized spacial score (nSPS) is 19.0. The van der Waals surface area contributed by atoms with E-state index in [1.807, 2.05) is 6.07 Å². The molecule has 1 N–H and O–H groups in total. The van der Waals surface area contributed by atoms with Gasteiger partial charge in [-0.1, -0.05) is 24.6 Å². The van der Waals surface area contributed by atoms with E-state index in [0.29, 0.717) is 5.92 Å². The van der Waals surface area contributed by atoms with Crippen LogP contribution in [0.15, 0.2) is 18.2 Å². The van der Waals surface area contributed by atoms with Crippen molar-refractivity contribution in [2.45, 2.75) is 32.7 Å². The van der Waals surface area contributed by atoms with Crippen LogP contribution in [0.3, 0.4) is 0 Å². The molecule has 1 atom stereocenters. The Kier molecular flexibility index (Phi) is 6.81. The summed E-state index contributed by atoms with van der Waals surface area (Å²) in [6.45, 7) is 7.17. The second kappa shape index (κ2) is 8.62. The van der Waals surface area contributed by atoms with Crippen molar-refractivity contribution in [3.05, 3.63) is 28.8 Å². The number of piperidine rings is 1. The predicted octanol–water partition coefficient (Wildman–Crippen LogP) is 3.70. The minimum atomic E-state index is 0.624. The lowest BCUT2D eigenvalue weighted by molar-refractivity contribution is 0.143. The molecule has 0 aliphatic carbocycles. The first-order chi connectivity index (χ1) is 10.2. The quantitative estimate of drug-likeness (QED) is 0.777. The molecule has 1 aliphatic heterocycles. The third kappa shape index (κ3) is 4.87. The van der Waals surface area contributed by atoms with Crippen molar-refractivity contribution in [1.82, 2.24) is 5.32 Å². The first kappa shape index (κ1) is 16.6. The molecule has 3 nitrogen and oxygen atoms in total. The summed E-state index contributed by atoms with van der Waals surface area (Å²) in [4.78, 5) is 2.47. The highest BCUT2D eigenvalue weighted by atomic mass is 35.5. The molecule has 0 aromatic heterocycles. The van der Waals surface area contributed by atoms with Crippen LogP contribution in [-0.2, 0) is 11.3 Å². The second-order valence-electron chi connectivity index (χ2n) is 5.86. The summed E-state index contributed by atoms with van der Waals surface area (Å²) in [5.74, 6) is 0.624. The first-order valence-electron chi connectivity index (χ1n) is 7.97. The topological polar surface area (TPSA) is 24.5 Å². The zero-order valence-corrected chi connectivity index (χ0v) is 14.0. The van der Waals surface area contributed by atoms with E-state index in [4.69, 9.17) is 16.3 Å². The van der Waals surface area contributed by atoms with Gasteiger partial charge in [-0.15, -0.1) is 0 Å². The van der Waals surface area contributed by atoms with Gasteiger partial charge >= 0.3 is 0 Å². The Balaban J connectivity index is 2.10. The summed E-state index contributed by atoms with van der Waals surface area (Å²) in [6.07, 6.45) is 3.64. The summed E-state index contributed by atoms with van der Waals surface area (Å²) in [5.41, 5.74) is 2.62. The van der Waals surface area contributed by atoms with E-state index in [1.54, 1.807) is 7.11 Å². The number of ether oxygens (including phenoxy) is 1. The molecule has 118 valence electrons. The SMILES string of the molecule is CCCNCc1ccc(Cl)cc1N1CCCC(COC)C1. The highest BCUT2D eigenvalue weighted by molar-refractivity contribution is 6.30. The molecule has 1 aromatic carbocycles. The van der Waals surface area contributed by atoms with E-state index in [0.717, 1.165) is 44.2 Å². The molecule has 1 aromatic rings. The number of nitrogens with zero attached hydrogens (tertiary/aromatic N) is 1.